The first-order valence-electron chi connectivity index (χ1n) is 11.3. The molecule has 0 aliphatic carbocycles. The lowest BCUT2D eigenvalue weighted by Gasteiger charge is -2.28. The Balaban J connectivity index is 1.88. The van der Waals surface area contributed by atoms with E-state index in [2.05, 4.69) is 13.5 Å². The molecule has 1 aromatic rings. The smallest absolute Gasteiger partial charge is 0.129 e. The molecule has 28 heavy (non-hydrogen) atoms. The lowest BCUT2D eigenvalue weighted by Crippen LogP contribution is -2.20. The number of benzene rings is 1. The fraction of sp³-hybridized carbons (Fsp3) is 0.667. The van der Waals surface area contributed by atoms with E-state index in [1.165, 1.54) is 36.7 Å². The van der Waals surface area contributed by atoms with Crippen LogP contribution in [0.25, 0.3) is 0 Å². The molecule has 0 nitrogen and oxygen atoms in total. The standard InChI is InChI=1S/C24H37F3Si/c1-3-5-7-8-10-21(25)18-22-23(26)16-20(17-24(22)27)19-11-14-28(15-12-19)13-9-6-4-2/h4,16-17,19,21,28H,2-3,5-15,18H2,1H3/t19?,21-,28?/m1/s1. The van der Waals surface area contributed by atoms with E-state index >= 15 is 0 Å². The van der Waals surface area contributed by atoms with Crippen LogP contribution in [0.15, 0.2) is 24.8 Å². The third-order valence-corrected chi connectivity index (χ3v) is 9.82. The second kappa shape index (κ2) is 12.5. The van der Waals surface area contributed by atoms with Gasteiger partial charge < -0.3 is 0 Å². The largest absolute Gasteiger partial charge is 0.247 e. The zero-order valence-electron chi connectivity index (χ0n) is 17.5. The summed E-state index contributed by atoms with van der Waals surface area (Å²) in [6, 6.07) is 6.84. The third-order valence-electron chi connectivity index (χ3n) is 6.30. The minimum atomic E-state index is -1.16. The molecule has 1 atom stereocenters. The molecule has 1 aliphatic rings. The molecule has 158 valence electrons. The maximum absolute atomic E-state index is 14.5. The van der Waals surface area contributed by atoms with Gasteiger partial charge in [-0.2, -0.15) is 0 Å². The van der Waals surface area contributed by atoms with Crippen molar-refractivity contribution in [3.05, 3.63) is 47.5 Å². The highest BCUT2D eigenvalue weighted by atomic mass is 28.3. The van der Waals surface area contributed by atoms with Crippen molar-refractivity contribution in [3.8, 4) is 0 Å². The van der Waals surface area contributed by atoms with Crippen molar-refractivity contribution in [3.63, 3.8) is 0 Å². The van der Waals surface area contributed by atoms with Gasteiger partial charge >= 0.3 is 0 Å². The summed E-state index contributed by atoms with van der Waals surface area (Å²) >= 11 is 0. The molecule has 0 radical (unpaired) electrons. The summed E-state index contributed by atoms with van der Waals surface area (Å²) in [5, 5.41) is 0. The van der Waals surface area contributed by atoms with Gasteiger partial charge in [-0.25, -0.2) is 13.2 Å². The van der Waals surface area contributed by atoms with Gasteiger partial charge in [0.1, 0.15) is 17.8 Å². The zero-order valence-corrected chi connectivity index (χ0v) is 18.7. The molecule has 0 aromatic heterocycles. The van der Waals surface area contributed by atoms with Gasteiger partial charge in [0.05, 0.1) is 0 Å². The monoisotopic (exact) mass is 410 g/mol. The van der Waals surface area contributed by atoms with Gasteiger partial charge in [-0.3, -0.25) is 0 Å². The zero-order chi connectivity index (χ0) is 20.4. The molecule has 0 saturated carbocycles. The van der Waals surface area contributed by atoms with Gasteiger partial charge in [-0.15, -0.1) is 6.58 Å². The van der Waals surface area contributed by atoms with Gasteiger partial charge in [0.25, 0.3) is 0 Å². The Morgan fingerprint density at radius 3 is 2.39 bits per heavy atom. The van der Waals surface area contributed by atoms with Crippen LogP contribution < -0.4 is 0 Å². The molecule has 0 spiro atoms. The highest BCUT2D eigenvalue weighted by Crippen LogP contribution is 2.36. The van der Waals surface area contributed by atoms with Gasteiger partial charge in [-0.1, -0.05) is 63.2 Å². The second-order valence-corrected chi connectivity index (χ2v) is 12.0. The number of hydrogen-bond donors (Lipinski definition) is 0. The Labute approximate surface area is 171 Å². The summed E-state index contributed by atoms with van der Waals surface area (Å²) in [6.45, 7) is 5.89. The highest BCUT2D eigenvalue weighted by Gasteiger charge is 2.25. The molecule has 2 rings (SSSR count). The van der Waals surface area contributed by atoms with Crippen LogP contribution in [0.2, 0.25) is 18.1 Å². The molecule has 1 aromatic carbocycles. The number of halogens is 3. The van der Waals surface area contributed by atoms with E-state index in [1.807, 2.05) is 6.08 Å². The second-order valence-electron chi connectivity index (χ2n) is 8.55. The number of unbranched alkanes of at least 4 members (excludes halogenated alkanes) is 4. The Morgan fingerprint density at radius 1 is 1.11 bits per heavy atom. The molecular formula is C24H37F3Si. The first kappa shape index (κ1) is 23.2. The van der Waals surface area contributed by atoms with Crippen LogP contribution in [-0.2, 0) is 6.42 Å². The number of alkyl halides is 1. The van der Waals surface area contributed by atoms with Gasteiger partial charge in [0, 0.05) is 20.8 Å². The normalized spacial score (nSPS) is 20.9. The van der Waals surface area contributed by atoms with Crippen molar-refractivity contribution in [1.82, 2.24) is 0 Å². The minimum Gasteiger partial charge on any atom is -0.247 e. The summed E-state index contributed by atoms with van der Waals surface area (Å²) in [7, 11) is -0.676. The third kappa shape index (κ3) is 7.42. The Bertz CT molecular complexity index is 571. The Hall–Kier alpha value is -1.03. The van der Waals surface area contributed by atoms with E-state index in [-0.39, 0.29) is 17.9 Å². The molecule has 1 saturated heterocycles. The first-order chi connectivity index (χ1) is 13.5. The summed E-state index contributed by atoms with van der Waals surface area (Å²) < 4.78 is 43.3. The molecule has 4 heteroatoms. The number of hydrogen-bond acceptors (Lipinski definition) is 0. The van der Waals surface area contributed by atoms with E-state index in [9.17, 15) is 13.2 Å². The van der Waals surface area contributed by atoms with Crippen LogP contribution in [0.5, 0.6) is 0 Å². The number of rotatable bonds is 12. The Kier molecular flexibility index (Phi) is 10.4. The minimum absolute atomic E-state index is 0.0702. The van der Waals surface area contributed by atoms with E-state index in [0.29, 0.717) is 6.42 Å². The van der Waals surface area contributed by atoms with Crippen LogP contribution in [0.4, 0.5) is 13.2 Å². The topological polar surface area (TPSA) is 0 Å². The summed E-state index contributed by atoms with van der Waals surface area (Å²) in [6.07, 6.45) is 9.46. The van der Waals surface area contributed by atoms with Gasteiger partial charge in [-0.05, 0) is 49.3 Å². The van der Waals surface area contributed by atoms with Crippen LogP contribution in [0, 0.1) is 11.6 Å². The number of allylic oxidation sites excluding steroid dienone is 1. The van der Waals surface area contributed by atoms with Crippen molar-refractivity contribution in [1.29, 1.82) is 0 Å². The van der Waals surface area contributed by atoms with Crippen LogP contribution in [0.1, 0.15) is 81.8 Å². The highest BCUT2D eigenvalue weighted by molar-refractivity contribution is 6.59. The van der Waals surface area contributed by atoms with E-state index in [4.69, 9.17) is 0 Å². The molecule has 0 N–H and O–H groups in total. The van der Waals surface area contributed by atoms with Gasteiger partial charge in [0.2, 0.25) is 0 Å². The Morgan fingerprint density at radius 2 is 1.79 bits per heavy atom. The molecule has 0 unspecified atom stereocenters. The van der Waals surface area contributed by atoms with Crippen LogP contribution in [0.3, 0.4) is 0 Å². The first-order valence-corrected chi connectivity index (χ1v) is 13.7. The van der Waals surface area contributed by atoms with Crippen molar-refractivity contribution in [2.24, 2.45) is 0 Å². The van der Waals surface area contributed by atoms with E-state index < -0.39 is 26.6 Å². The maximum atomic E-state index is 14.5. The average Bonchev–Trinajstić information content (AvgIpc) is 2.69. The molecule has 1 heterocycles. The quantitative estimate of drug-likeness (QED) is 0.187. The predicted octanol–water partition coefficient (Wildman–Crippen LogP) is 7.89. The average molecular weight is 411 g/mol. The van der Waals surface area contributed by atoms with E-state index in [0.717, 1.165) is 50.5 Å². The SMILES string of the molecule is C=CCCC[SiH]1CCC(c2cc(F)c(C[C@H](F)CCCCCC)c(F)c2)CC1. The lowest BCUT2D eigenvalue weighted by atomic mass is 9.91. The predicted molar refractivity (Wildman–Crippen MR) is 117 cm³/mol. The summed E-state index contributed by atoms with van der Waals surface area (Å²) in [5.74, 6) is -0.857. The van der Waals surface area contributed by atoms with Crippen molar-refractivity contribution >= 4 is 8.80 Å². The maximum Gasteiger partial charge on any atom is 0.129 e. The summed E-state index contributed by atoms with van der Waals surface area (Å²) in [5.41, 5.74) is 0.704. The van der Waals surface area contributed by atoms with Crippen molar-refractivity contribution in [2.75, 3.05) is 0 Å². The molecule has 1 fully saturated rings. The lowest BCUT2D eigenvalue weighted by molar-refractivity contribution is 0.297. The molecule has 1 aliphatic heterocycles. The van der Waals surface area contributed by atoms with Crippen LogP contribution >= 0.6 is 0 Å². The molecule has 0 bridgehead atoms. The van der Waals surface area contributed by atoms with Crippen molar-refractivity contribution in [2.45, 2.75) is 101 Å². The van der Waals surface area contributed by atoms with E-state index in [1.54, 1.807) is 0 Å². The summed E-state index contributed by atoms with van der Waals surface area (Å²) in [4.78, 5) is 0. The van der Waals surface area contributed by atoms with Crippen molar-refractivity contribution < 1.29 is 13.2 Å². The fourth-order valence-corrected chi connectivity index (χ4v) is 7.93. The van der Waals surface area contributed by atoms with Crippen LogP contribution in [-0.4, -0.2) is 15.0 Å². The van der Waals surface area contributed by atoms with Gasteiger partial charge in [0.15, 0.2) is 0 Å². The molecule has 0 amide bonds. The molecular weight excluding hydrogens is 373 g/mol. The fourth-order valence-electron chi connectivity index (χ4n) is 4.50.